The zero-order valence-corrected chi connectivity index (χ0v) is 34.5. The first kappa shape index (κ1) is 37.1. The van der Waals surface area contributed by atoms with Crippen molar-refractivity contribution >= 4 is 0 Å². The number of nitriles is 1. The molecule has 10 aromatic rings. The van der Waals surface area contributed by atoms with E-state index in [9.17, 15) is 5.26 Å². The number of benzene rings is 8. The molecule has 0 saturated carbocycles. The van der Waals surface area contributed by atoms with Gasteiger partial charge in [-0.15, -0.1) is 0 Å². The van der Waals surface area contributed by atoms with Crippen LogP contribution in [-0.4, -0.2) is 24.9 Å². The van der Waals surface area contributed by atoms with Gasteiger partial charge in [0.15, 0.2) is 23.3 Å². The van der Waals surface area contributed by atoms with E-state index >= 15 is 0 Å². The van der Waals surface area contributed by atoms with Crippen LogP contribution in [0.2, 0.25) is 0 Å². The molecule has 6 heteroatoms. The molecule has 298 valence electrons. The fourth-order valence-corrected chi connectivity index (χ4v) is 9.48. The van der Waals surface area contributed by atoms with Crippen molar-refractivity contribution in [2.75, 3.05) is 0 Å². The van der Waals surface area contributed by atoms with Gasteiger partial charge >= 0.3 is 0 Å². The summed E-state index contributed by atoms with van der Waals surface area (Å²) in [5, 5.41) is 9.39. The van der Waals surface area contributed by atoms with Crippen LogP contribution in [0.3, 0.4) is 0 Å². The molecule has 0 aliphatic heterocycles. The molecular formula is C58H36N6. The molecule has 0 fully saturated rings. The number of hydrogen-bond acceptors (Lipinski definition) is 6. The maximum Gasteiger partial charge on any atom is 0.164 e. The van der Waals surface area contributed by atoms with Crippen LogP contribution in [0.4, 0.5) is 0 Å². The molecule has 0 spiro atoms. The molecule has 3 aliphatic rings. The van der Waals surface area contributed by atoms with Gasteiger partial charge in [0.1, 0.15) is 0 Å². The summed E-state index contributed by atoms with van der Waals surface area (Å²) in [7, 11) is 0. The lowest BCUT2D eigenvalue weighted by atomic mass is 9.60. The van der Waals surface area contributed by atoms with Crippen LogP contribution in [0.5, 0.6) is 0 Å². The highest BCUT2D eigenvalue weighted by Crippen LogP contribution is 2.56. The van der Waals surface area contributed by atoms with Gasteiger partial charge in [0.25, 0.3) is 0 Å². The summed E-state index contributed by atoms with van der Waals surface area (Å²) < 4.78 is 0. The van der Waals surface area contributed by atoms with Crippen molar-refractivity contribution in [1.29, 1.82) is 5.26 Å². The van der Waals surface area contributed by atoms with E-state index in [4.69, 9.17) is 24.9 Å². The number of rotatable bonds is 7. The molecule has 2 atom stereocenters. The van der Waals surface area contributed by atoms with Crippen LogP contribution >= 0.6 is 0 Å². The van der Waals surface area contributed by atoms with Gasteiger partial charge in [-0.25, -0.2) is 24.9 Å². The van der Waals surface area contributed by atoms with E-state index in [0.717, 1.165) is 50.3 Å². The average molecular weight is 817 g/mol. The minimum absolute atomic E-state index is 0.0773. The summed E-state index contributed by atoms with van der Waals surface area (Å²) in [4.78, 5) is 25.1. The third-order valence-corrected chi connectivity index (χ3v) is 12.6. The lowest BCUT2D eigenvalue weighted by molar-refractivity contribution is 0.755. The highest BCUT2D eigenvalue weighted by Gasteiger charge is 2.41. The number of hydrogen-bond donors (Lipinski definition) is 0. The SMILES string of the molecule is N#Cc1ccc(-c2cc(-c3ccc(-c4ccc5c(c4)C4c6ccccc6C5c5cc(-c6nc(-c7ccccc7)nc(-c7ccccc7)n6)ccc54)cc3)nc(-c3ccccc3)n2)cc1. The third kappa shape index (κ3) is 6.47. The molecule has 0 amide bonds. The van der Waals surface area contributed by atoms with Crippen molar-refractivity contribution in [2.45, 2.75) is 11.8 Å². The lowest BCUT2D eigenvalue weighted by Gasteiger charge is -2.42. The van der Waals surface area contributed by atoms with Crippen LogP contribution in [0.15, 0.2) is 206 Å². The van der Waals surface area contributed by atoms with Crippen molar-refractivity contribution in [1.82, 2.24) is 24.9 Å². The van der Waals surface area contributed by atoms with Crippen LogP contribution < -0.4 is 0 Å². The Kier molecular flexibility index (Phi) is 8.91. The van der Waals surface area contributed by atoms with Crippen LogP contribution in [0.1, 0.15) is 50.8 Å². The van der Waals surface area contributed by atoms with E-state index in [1.165, 1.54) is 38.9 Å². The fourth-order valence-electron chi connectivity index (χ4n) is 9.48. The standard InChI is InChI=1S/C58H36N6/c59-35-36-20-22-38(23-21-36)51-34-52(61-55(60-51)40-12-4-1-5-13-40)39-26-24-37(25-27-39)43-28-30-47-49(32-43)53-45-18-10-11-19-46(45)54(47)50-33-44(29-31-48(50)53)58-63-56(41-14-6-2-7-15-41)62-57(64-58)42-16-8-3-9-17-42/h1-34,53-54H. The Morgan fingerprint density at radius 3 is 1.12 bits per heavy atom. The maximum absolute atomic E-state index is 9.39. The summed E-state index contributed by atoms with van der Waals surface area (Å²) in [6.07, 6.45) is 0. The van der Waals surface area contributed by atoms with Crippen LogP contribution in [-0.2, 0) is 0 Å². The molecule has 13 rings (SSSR count). The van der Waals surface area contributed by atoms with E-state index in [1.54, 1.807) is 0 Å². The van der Waals surface area contributed by atoms with Gasteiger partial charge < -0.3 is 0 Å². The molecule has 0 saturated heterocycles. The second-order valence-corrected chi connectivity index (χ2v) is 16.3. The van der Waals surface area contributed by atoms with E-state index in [-0.39, 0.29) is 11.8 Å². The number of aromatic nitrogens is 5. The van der Waals surface area contributed by atoms with Gasteiger partial charge in [0, 0.05) is 45.2 Å². The number of nitrogens with zero attached hydrogens (tertiary/aromatic N) is 6. The van der Waals surface area contributed by atoms with Gasteiger partial charge in [0.05, 0.1) is 23.0 Å². The normalized spacial score (nSPS) is 14.2. The second kappa shape index (κ2) is 15.4. The molecule has 6 nitrogen and oxygen atoms in total. The van der Waals surface area contributed by atoms with E-state index in [1.807, 2.05) is 121 Å². The quantitative estimate of drug-likeness (QED) is 0.159. The molecule has 64 heavy (non-hydrogen) atoms. The van der Waals surface area contributed by atoms with E-state index < -0.39 is 0 Å². The first-order valence-electron chi connectivity index (χ1n) is 21.4. The largest absolute Gasteiger partial charge is 0.228 e. The third-order valence-electron chi connectivity index (χ3n) is 12.6. The van der Waals surface area contributed by atoms with Gasteiger partial charge in [-0.05, 0) is 74.8 Å². The van der Waals surface area contributed by atoms with E-state index in [2.05, 4.69) is 91.0 Å². The molecule has 2 bridgehead atoms. The first-order valence-corrected chi connectivity index (χ1v) is 21.4. The average Bonchev–Trinajstić information content (AvgIpc) is 3.38. The summed E-state index contributed by atoms with van der Waals surface area (Å²) in [5.74, 6) is 2.79. The highest BCUT2D eigenvalue weighted by atomic mass is 15.0. The van der Waals surface area contributed by atoms with Crippen molar-refractivity contribution in [3.05, 3.63) is 245 Å². The molecule has 0 N–H and O–H groups in total. The first-order chi connectivity index (χ1) is 31.6. The summed E-state index contributed by atoms with van der Waals surface area (Å²) in [5.41, 5.74) is 18.3. The Balaban J connectivity index is 0.910. The Labute approximate surface area is 371 Å². The Morgan fingerprint density at radius 2 is 0.641 bits per heavy atom. The van der Waals surface area contributed by atoms with Gasteiger partial charge in [-0.2, -0.15) is 5.26 Å². The molecule has 2 heterocycles. The van der Waals surface area contributed by atoms with Crippen molar-refractivity contribution < 1.29 is 0 Å². The van der Waals surface area contributed by atoms with Gasteiger partial charge in [-0.3, -0.25) is 0 Å². The summed E-state index contributed by atoms with van der Waals surface area (Å²) >= 11 is 0. The molecule has 2 unspecified atom stereocenters. The smallest absolute Gasteiger partial charge is 0.164 e. The Bertz CT molecular complexity index is 3380. The van der Waals surface area contributed by atoms with Crippen LogP contribution in [0, 0.1) is 11.3 Å². The van der Waals surface area contributed by atoms with Gasteiger partial charge in [-0.1, -0.05) is 176 Å². The minimum atomic E-state index is 0.0773. The van der Waals surface area contributed by atoms with Crippen molar-refractivity contribution in [2.24, 2.45) is 0 Å². The van der Waals surface area contributed by atoms with Gasteiger partial charge in [0.2, 0.25) is 0 Å². The summed E-state index contributed by atoms with van der Waals surface area (Å²) in [6.45, 7) is 0. The Hall–Kier alpha value is -8.66. The topological polar surface area (TPSA) is 88.2 Å². The van der Waals surface area contributed by atoms with Crippen molar-refractivity contribution in [3.8, 4) is 85.3 Å². The highest BCUT2D eigenvalue weighted by molar-refractivity contribution is 5.78. The minimum Gasteiger partial charge on any atom is -0.228 e. The summed E-state index contributed by atoms with van der Waals surface area (Å²) in [6, 6.07) is 73.6. The molecule has 2 aromatic heterocycles. The zero-order chi connectivity index (χ0) is 42.6. The van der Waals surface area contributed by atoms with E-state index in [0.29, 0.717) is 28.9 Å². The molecule has 0 radical (unpaired) electrons. The maximum atomic E-state index is 9.39. The predicted octanol–water partition coefficient (Wildman–Crippen LogP) is 13.2. The molecular weight excluding hydrogens is 781 g/mol. The zero-order valence-electron chi connectivity index (χ0n) is 34.5. The Morgan fingerprint density at radius 1 is 0.281 bits per heavy atom. The molecule has 3 aliphatic carbocycles. The van der Waals surface area contributed by atoms with Crippen LogP contribution in [0.25, 0.3) is 79.2 Å². The second-order valence-electron chi connectivity index (χ2n) is 16.3. The fraction of sp³-hybridized carbons (Fsp3) is 0.0345. The lowest BCUT2D eigenvalue weighted by Crippen LogP contribution is -2.27. The van der Waals surface area contributed by atoms with Crippen molar-refractivity contribution in [3.63, 3.8) is 0 Å². The predicted molar refractivity (Wildman–Crippen MR) is 253 cm³/mol. The molecule has 8 aromatic carbocycles. The monoisotopic (exact) mass is 816 g/mol.